The van der Waals surface area contributed by atoms with Gasteiger partial charge in [-0.3, -0.25) is 14.5 Å². The number of benzene rings is 1. The second-order valence-corrected chi connectivity index (χ2v) is 8.24. The van der Waals surface area contributed by atoms with Gasteiger partial charge in [-0.05, 0) is 37.8 Å². The molecular weight excluding hydrogens is 408 g/mol. The van der Waals surface area contributed by atoms with Crippen molar-refractivity contribution in [1.82, 2.24) is 15.4 Å². The number of halogens is 2. The Morgan fingerprint density at radius 1 is 1.10 bits per heavy atom. The summed E-state index contributed by atoms with van der Waals surface area (Å²) in [4.78, 5) is 26.9. The Morgan fingerprint density at radius 3 is 2.58 bits per heavy atom. The first-order chi connectivity index (χ1) is 14.9. The predicted octanol–water partition coefficient (Wildman–Crippen LogP) is 3.81. The molecule has 4 rings (SSSR count). The fraction of sp³-hybridized carbons (Fsp3) is 0.500. The highest BCUT2D eigenvalue weighted by molar-refractivity contribution is 5.93. The first-order valence-electron chi connectivity index (χ1n) is 10.7. The third-order valence-electron chi connectivity index (χ3n) is 6.25. The third-order valence-corrected chi connectivity index (χ3v) is 6.25. The van der Waals surface area contributed by atoms with E-state index >= 15 is 0 Å². The molecule has 1 aromatic heterocycles. The number of rotatable bonds is 5. The lowest BCUT2D eigenvalue weighted by molar-refractivity contribution is -0.147. The van der Waals surface area contributed by atoms with Gasteiger partial charge in [0.25, 0.3) is 5.91 Å². The zero-order chi connectivity index (χ0) is 22.0. The zero-order valence-electron chi connectivity index (χ0n) is 17.0. The van der Waals surface area contributed by atoms with E-state index in [2.05, 4.69) is 15.4 Å². The van der Waals surface area contributed by atoms with Gasteiger partial charge >= 0.3 is 5.97 Å². The van der Waals surface area contributed by atoms with Crippen LogP contribution in [0.5, 0.6) is 0 Å². The molecule has 2 heterocycles. The monoisotopic (exact) mass is 433 g/mol. The molecule has 7 nitrogen and oxygen atoms in total. The number of aromatic nitrogens is 1. The molecule has 1 amide bonds. The van der Waals surface area contributed by atoms with Gasteiger partial charge in [0.2, 0.25) is 0 Å². The van der Waals surface area contributed by atoms with Gasteiger partial charge in [-0.2, -0.15) is 0 Å². The zero-order valence-corrected chi connectivity index (χ0v) is 17.0. The quantitative estimate of drug-likeness (QED) is 0.745. The van der Waals surface area contributed by atoms with Crippen molar-refractivity contribution in [3.05, 3.63) is 41.6 Å². The summed E-state index contributed by atoms with van der Waals surface area (Å²) in [6.07, 6.45) is 5.92. The maximum absolute atomic E-state index is 14.0. The molecule has 0 spiro atoms. The average Bonchev–Trinajstić information content (AvgIpc) is 3.24. The average molecular weight is 433 g/mol. The molecule has 2 N–H and O–H groups in total. The number of carboxylic acid groups (broad SMARTS) is 1. The van der Waals surface area contributed by atoms with Gasteiger partial charge in [0.15, 0.2) is 11.5 Å². The van der Waals surface area contributed by atoms with Gasteiger partial charge in [-0.1, -0.05) is 24.4 Å². The van der Waals surface area contributed by atoms with Crippen molar-refractivity contribution in [1.29, 1.82) is 0 Å². The summed E-state index contributed by atoms with van der Waals surface area (Å²) in [6, 6.07) is 4.53. The third kappa shape index (κ3) is 4.61. The van der Waals surface area contributed by atoms with Gasteiger partial charge in [0.05, 0.1) is 17.6 Å². The molecule has 166 valence electrons. The molecular formula is C22H25F2N3O4. The first kappa shape index (κ1) is 21.4. The fourth-order valence-corrected chi connectivity index (χ4v) is 4.69. The first-order valence-corrected chi connectivity index (χ1v) is 10.7. The molecule has 2 unspecified atom stereocenters. The minimum absolute atomic E-state index is 0.00906. The molecule has 0 bridgehead atoms. The van der Waals surface area contributed by atoms with E-state index < -0.39 is 35.6 Å². The maximum atomic E-state index is 14.0. The maximum Gasteiger partial charge on any atom is 0.309 e. The Bertz CT molecular complexity index is 958. The lowest BCUT2D eigenvalue weighted by atomic mass is 9.88. The Labute approximate surface area is 178 Å². The molecule has 1 aliphatic carbocycles. The Morgan fingerprint density at radius 2 is 1.87 bits per heavy atom. The van der Waals surface area contributed by atoms with E-state index in [1.807, 2.05) is 0 Å². The second-order valence-electron chi connectivity index (χ2n) is 8.24. The number of amides is 1. The number of carbonyl (C=O) groups excluding carboxylic acids is 1. The minimum atomic E-state index is -0.944. The molecule has 0 radical (unpaired) electrons. The van der Waals surface area contributed by atoms with Crippen LogP contribution in [0.1, 0.15) is 55.4 Å². The second kappa shape index (κ2) is 9.13. The molecule has 9 heteroatoms. The van der Waals surface area contributed by atoms with Crippen LogP contribution in [0.15, 0.2) is 28.8 Å². The molecule has 1 aliphatic heterocycles. The van der Waals surface area contributed by atoms with Crippen LogP contribution in [-0.4, -0.2) is 45.8 Å². The lowest BCUT2D eigenvalue weighted by Gasteiger charge is -2.45. The van der Waals surface area contributed by atoms with Crippen LogP contribution >= 0.6 is 0 Å². The molecule has 2 atom stereocenters. The van der Waals surface area contributed by atoms with Crippen molar-refractivity contribution < 1.29 is 28.0 Å². The summed E-state index contributed by atoms with van der Waals surface area (Å²) in [7, 11) is 0. The number of likely N-dealkylation sites (tertiary alicyclic amines) is 1. The van der Waals surface area contributed by atoms with E-state index in [0.717, 1.165) is 50.8 Å². The highest BCUT2D eigenvalue weighted by Crippen LogP contribution is 2.31. The van der Waals surface area contributed by atoms with Crippen molar-refractivity contribution in [2.24, 2.45) is 5.92 Å². The highest BCUT2D eigenvalue weighted by Gasteiger charge is 2.40. The van der Waals surface area contributed by atoms with E-state index in [4.69, 9.17) is 4.52 Å². The van der Waals surface area contributed by atoms with Crippen LogP contribution in [0.2, 0.25) is 0 Å². The standard InChI is InChI=1S/C22H25F2N3O4/c23-13-8-9-15(17(24)11-13)19-12-18(26-31-19)21(28)25-20-16(22(29)30)7-4-10-27(20)14-5-2-1-3-6-14/h8-9,11-12,14,16,20H,1-7,10H2,(H,25,28)(H,29,30). The topological polar surface area (TPSA) is 95.7 Å². The summed E-state index contributed by atoms with van der Waals surface area (Å²) in [5.74, 6) is -3.81. The van der Waals surface area contributed by atoms with E-state index in [0.29, 0.717) is 6.42 Å². The fourth-order valence-electron chi connectivity index (χ4n) is 4.69. The van der Waals surface area contributed by atoms with Crippen molar-refractivity contribution in [2.45, 2.75) is 57.2 Å². The van der Waals surface area contributed by atoms with Crippen LogP contribution in [0.4, 0.5) is 8.78 Å². The largest absolute Gasteiger partial charge is 0.481 e. The van der Waals surface area contributed by atoms with Crippen molar-refractivity contribution in [3.63, 3.8) is 0 Å². The summed E-state index contributed by atoms with van der Waals surface area (Å²) in [5, 5.41) is 16.3. The number of aliphatic carboxylic acids is 1. The van der Waals surface area contributed by atoms with Gasteiger partial charge in [0, 0.05) is 24.7 Å². The SMILES string of the molecule is O=C(NC1C(C(=O)O)CCCN1C1CCCCC1)c1cc(-c2ccc(F)cc2F)on1. The molecule has 1 aromatic carbocycles. The summed E-state index contributed by atoms with van der Waals surface area (Å²) >= 11 is 0. The molecule has 2 fully saturated rings. The van der Waals surface area contributed by atoms with E-state index in [1.54, 1.807) is 0 Å². The predicted molar refractivity (Wildman–Crippen MR) is 107 cm³/mol. The Hall–Kier alpha value is -2.81. The van der Waals surface area contributed by atoms with Gasteiger partial charge in [-0.15, -0.1) is 0 Å². The van der Waals surface area contributed by atoms with Gasteiger partial charge in [-0.25, -0.2) is 8.78 Å². The normalized spacial score (nSPS) is 22.9. The number of piperidine rings is 1. The number of hydrogen-bond donors (Lipinski definition) is 2. The van der Waals surface area contributed by atoms with E-state index in [1.165, 1.54) is 18.6 Å². The van der Waals surface area contributed by atoms with Crippen molar-refractivity contribution >= 4 is 11.9 Å². The van der Waals surface area contributed by atoms with Crippen LogP contribution in [-0.2, 0) is 4.79 Å². The smallest absolute Gasteiger partial charge is 0.309 e. The molecule has 1 saturated heterocycles. The molecule has 2 aliphatic rings. The summed E-state index contributed by atoms with van der Waals surface area (Å²) in [5.41, 5.74) is -0.102. The van der Waals surface area contributed by atoms with Crippen LogP contribution in [0.25, 0.3) is 11.3 Å². The van der Waals surface area contributed by atoms with E-state index in [9.17, 15) is 23.5 Å². The summed E-state index contributed by atoms with van der Waals surface area (Å²) < 4.78 is 32.3. The van der Waals surface area contributed by atoms with Crippen LogP contribution in [0.3, 0.4) is 0 Å². The number of carboxylic acids is 1. The Balaban J connectivity index is 1.54. The Kier molecular flexibility index (Phi) is 6.31. The number of hydrogen-bond acceptors (Lipinski definition) is 5. The van der Waals surface area contributed by atoms with Crippen LogP contribution < -0.4 is 5.32 Å². The minimum Gasteiger partial charge on any atom is -0.481 e. The number of nitrogens with one attached hydrogen (secondary N) is 1. The lowest BCUT2D eigenvalue weighted by Crippen LogP contribution is -2.60. The van der Waals surface area contributed by atoms with Gasteiger partial charge in [0.1, 0.15) is 11.6 Å². The number of nitrogens with zero attached hydrogens (tertiary/aromatic N) is 2. The number of carbonyl (C=O) groups is 2. The van der Waals surface area contributed by atoms with Gasteiger partial charge < -0.3 is 14.9 Å². The van der Waals surface area contributed by atoms with Crippen molar-refractivity contribution in [3.8, 4) is 11.3 Å². The van der Waals surface area contributed by atoms with E-state index in [-0.39, 0.29) is 23.1 Å². The highest BCUT2D eigenvalue weighted by atomic mass is 19.1. The van der Waals surface area contributed by atoms with Crippen molar-refractivity contribution in [2.75, 3.05) is 6.54 Å². The van der Waals surface area contributed by atoms with Crippen LogP contribution in [0, 0.1) is 17.6 Å². The molecule has 1 saturated carbocycles. The molecule has 2 aromatic rings. The summed E-state index contributed by atoms with van der Waals surface area (Å²) in [6.45, 7) is 0.726. The molecule has 31 heavy (non-hydrogen) atoms.